The maximum Gasteiger partial charge on any atom is 0.417 e. The molecule has 0 saturated carbocycles. The number of amides is 2. The van der Waals surface area contributed by atoms with E-state index in [-0.39, 0.29) is 11.5 Å². The molecule has 0 unspecified atom stereocenters. The van der Waals surface area contributed by atoms with Crippen LogP contribution in [0.5, 0.6) is 0 Å². The van der Waals surface area contributed by atoms with Gasteiger partial charge in [-0.2, -0.15) is 5.26 Å². The minimum atomic E-state index is -0.549. The topological polar surface area (TPSA) is 128 Å². The van der Waals surface area contributed by atoms with E-state index in [1.54, 1.807) is 18.2 Å². The van der Waals surface area contributed by atoms with Gasteiger partial charge in [-0.3, -0.25) is 14.6 Å². The Morgan fingerprint density at radius 3 is 2.11 bits per heavy atom. The van der Waals surface area contributed by atoms with Gasteiger partial charge in [-0.05, 0) is 34.9 Å². The van der Waals surface area contributed by atoms with Gasteiger partial charge >= 0.3 is 5.76 Å². The summed E-state index contributed by atoms with van der Waals surface area (Å²) < 4.78 is 4.91. The van der Waals surface area contributed by atoms with E-state index in [2.05, 4.69) is 15.6 Å². The summed E-state index contributed by atoms with van der Waals surface area (Å²) in [5.41, 5.74) is 3.60. The molecular weight excluding hydrogens is 444 g/mol. The Morgan fingerprint density at radius 1 is 0.943 bits per heavy atom. The highest BCUT2D eigenvalue weighted by atomic mass is 16.4. The van der Waals surface area contributed by atoms with Crippen molar-refractivity contribution in [2.24, 2.45) is 0 Å². The zero-order valence-electron chi connectivity index (χ0n) is 19.1. The number of aromatic amines is 1. The normalized spacial score (nSPS) is 10.6. The lowest BCUT2D eigenvalue weighted by Crippen LogP contribution is -2.23. The molecule has 176 valence electrons. The van der Waals surface area contributed by atoms with Gasteiger partial charge in [0.25, 0.3) is 5.91 Å². The Morgan fingerprint density at radius 2 is 1.54 bits per heavy atom. The Labute approximate surface area is 201 Å². The number of hydrogen-bond acceptors (Lipinski definition) is 5. The standard InChI is InChI=1S/C18H13N3O3.C9H11NO/c19-10-14(17(22)20-11-12-4-2-1-3-5-12)8-13-6-7-16-15(9-13)21-18(23)24-16;1-8(11)10-7-9-5-3-2-4-6-9/h1-9H,11H2,(H,20,22)(H,21,23);2-6H,7H2,1H3,(H,10,11)/b14-8+;. The van der Waals surface area contributed by atoms with E-state index in [0.717, 1.165) is 11.1 Å². The highest BCUT2D eigenvalue weighted by molar-refractivity contribution is 6.01. The van der Waals surface area contributed by atoms with Crippen LogP contribution in [0, 0.1) is 11.3 Å². The molecule has 0 aliphatic rings. The smallest absolute Gasteiger partial charge is 0.408 e. The average Bonchev–Trinajstić information content (AvgIpc) is 3.25. The van der Waals surface area contributed by atoms with Crippen LogP contribution in [0.4, 0.5) is 0 Å². The fraction of sp³-hybridized carbons (Fsp3) is 0.111. The predicted molar refractivity (Wildman–Crippen MR) is 133 cm³/mol. The monoisotopic (exact) mass is 468 g/mol. The number of carbonyl (C=O) groups excluding carboxylic acids is 2. The van der Waals surface area contributed by atoms with Gasteiger partial charge in [0.2, 0.25) is 5.91 Å². The third-order valence-electron chi connectivity index (χ3n) is 4.80. The molecule has 1 heterocycles. The first-order valence-electron chi connectivity index (χ1n) is 10.8. The number of rotatable bonds is 6. The van der Waals surface area contributed by atoms with Crippen molar-refractivity contribution in [1.82, 2.24) is 15.6 Å². The lowest BCUT2D eigenvalue weighted by atomic mass is 10.1. The SMILES string of the molecule is CC(=O)NCc1ccccc1.N#C/C(=C\c1ccc2oc(=O)[nH]c2c1)C(=O)NCc1ccccc1. The molecule has 2 amide bonds. The van der Waals surface area contributed by atoms with Gasteiger partial charge in [-0.25, -0.2) is 4.79 Å². The Kier molecular flexibility index (Phi) is 8.74. The van der Waals surface area contributed by atoms with Crippen LogP contribution in [0.2, 0.25) is 0 Å². The number of nitrogens with one attached hydrogen (secondary N) is 3. The van der Waals surface area contributed by atoms with Crippen LogP contribution in [0.1, 0.15) is 23.6 Å². The van der Waals surface area contributed by atoms with Crippen molar-refractivity contribution < 1.29 is 14.0 Å². The van der Waals surface area contributed by atoms with Crippen molar-refractivity contribution in [2.45, 2.75) is 20.0 Å². The number of oxazole rings is 1. The number of carbonyl (C=O) groups is 2. The van der Waals surface area contributed by atoms with E-state index in [1.165, 1.54) is 13.0 Å². The lowest BCUT2D eigenvalue weighted by Gasteiger charge is -2.04. The molecule has 4 aromatic rings. The molecular formula is C27H24N4O4. The van der Waals surface area contributed by atoms with E-state index in [4.69, 9.17) is 4.42 Å². The second-order valence-electron chi connectivity index (χ2n) is 7.50. The van der Waals surface area contributed by atoms with Gasteiger partial charge in [0, 0.05) is 20.0 Å². The third kappa shape index (κ3) is 7.87. The number of nitrogens with zero attached hydrogens (tertiary/aromatic N) is 1. The van der Waals surface area contributed by atoms with Crippen LogP contribution in [-0.2, 0) is 22.7 Å². The predicted octanol–water partition coefficient (Wildman–Crippen LogP) is 3.67. The second kappa shape index (κ2) is 12.4. The van der Waals surface area contributed by atoms with Crippen LogP contribution in [0.15, 0.2) is 93.6 Å². The van der Waals surface area contributed by atoms with Crippen molar-refractivity contribution in [2.75, 3.05) is 0 Å². The fourth-order valence-corrected chi connectivity index (χ4v) is 3.07. The van der Waals surface area contributed by atoms with Gasteiger partial charge in [0.05, 0.1) is 5.52 Å². The first kappa shape index (κ1) is 24.7. The molecule has 0 spiro atoms. The maximum absolute atomic E-state index is 12.1. The summed E-state index contributed by atoms with van der Waals surface area (Å²) in [5.74, 6) is -0.997. The van der Waals surface area contributed by atoms with Gasteiger partial charge in [-0.15, -0.1) is 0 Å². The molecule has 35 heavy (non-hydrogen) atoms. The zero-order valence-corrected chi connectivity index (χ0v) is 19.1. The number of hydrogen-bond donors (Lipinski definition) is 3. The third-order valence-corrected chi connectivity index (χ3v) is 4.80. The molecule has 1 aromatic heterocycles. The lowest BCUT2D eigenvalue weighted by molar-refractivity contribution is -0.119. The van der Waals surface area contributed by atoms with Gasteiger partial charge in [0.15, 0.2) is 5.58 Å². The van der Waals surface area contributed by atoms with Gasteiger partial charge in [-0.1, -0.05) is 66.7 Å². The summed E-state index contributed by atoms with van der Waals surface area (Å²) in [6.45, 7) is 2.48. The zero-order chi connectivity index (χ0) is 25.0. The first-order valence-corrected chi connectivity index (χ1v) is 10.8. The minimum Gasteiger partial charge on any atom is -0.408 e. The molecule has 0 radical (unpaired) electrons. The van der Waals surface area contributed by atoms with Crippen molar-refractivity contribution in [3.05, 3.63) is 112 Å². The van der Waals surface area contributed by atoms with E-state index in [0.29, 0.717) is 29.8 Å². The maximum atomic E-state index is 12.1. The van der Waals surface area contributed by atoms with Crippen molar-refractivity contribution >= 4 is 29.0 Å². The molecule has 3 aromatic carbocycles. The van der Waals surface area contributed by atoms with Gasteiger partial charge < -0.3 is 15.1 Å². The molecule has 0 saturated heterocycles. The number of fused-ring (bicyclic) bond motifs is 1. The minimum absolute atomic E-state index is 0.00820. The van der Waals surface area contributed by atoms with Crippen LogP contribution < -0.4 is 16.4 Å². The van der Waals surface area contributed by atoms with E-state index in [9.17, 15) is 19.6 Å². The van der Waals surface area contributed by atoms with E-state index < -0.39 is 11.7 Å². The van der Waals surface area contributed by atoms with Gasteiger partial charge in [0.1, 0.15) is 11.6 Å². The molecule has 0 fully saturated rings. The second-order valence-corrected chi connectivity index (χ2v) is 7.50. The Bertz CT molecular complexity index is 1410. The van der Waals surface area contributed by atoms with Crippen LogP contribution in [0.3, 0.4) is 0 Å². The van der Waals surface area contributed by atoms with Crippen molar-refractivity contribution in [1.29, 1.82) is 5.26 Å². The highest BCUT2D eigenvalue weighted by Crippen LogP contribution is 2.15. The van der Waals surface area contributed by atoms with Crippen LogP contribution >= 0.6 is 0 Å². The molecule has 4 rings (SSSR count). The Balaban J connectivity index is 0.000000261. The average molecular weight is 469 g/mol. The van der Waals surface area contributed by atoms with E-state index >= 15 is 0 Å². The quantitative estimate of drug-likeness (QED) is 0.294. The van der Waals surface area contributed by atoms with Crippen LogP contribution in [-0.4, -0.2) is 16.8 Å². The molecule has 3 N–H and O–H groups in total. The number of aromatic nitrogens is 1. The fourth-order valence-electron chi connectivity index (χ4n) is 3.07. The Hall–Kier alpha value is -4.90. The molecule has 8 heteroatoms. The summed E-state index contributed by atoms with van der Waals surface area (Å²) in [6.07, 6.45) is 1.46. The molecule has 0 aliphatic carbocycles. The summed E-state index contributed by atoms with van der Waals surface area (Å²) in [4.78, 5) is 36.3. The summed E-state index contributed by atoms with van der Waals surface area (Å²) in [5, 5.41) is 14.6. The van der Waals surface area contributed by atoms with E-state index in [1.807, 2.05) is 66.7 Å². The summed E-state index contributed by atoms with van der Waals surface area (Å²) >= 11 is 0. The number of nitriles is 1. The highest BCUT2D eigenvalue weighted by Gasteiger charge is 2.09. The molecule has 0 bridgehead atoms. The van der Waals surface area contributed by atoms with Crippen molar-refractivity contribution in [3.8, 4) is 6.07 Å². The number of H-pyrrole nitrogens is 1. The summed E-state index contributed by atoms with van der Waals surface area (Å²) in [7, 11) is 0. The first-order chi connectivity index (χ1) is 16.9. The molecule has 0 atom stereocenters. The molecule has 8 nitrogen and oxygen atoms in total. The van der Waals surface area contributed by atoms with Crippen LogP contribution in [0.25, 0.3) is 17.2 Å². The van der Waals surface area contributed by atoms with Crippen molar-refractivity contribution in [3.63, 3.8) is 0 Å². The largest absolute Gasteiger partial charge is 0.417 e. The summed E-state index contributed by atoms with van der Waals surface area (Å²) in [6, 6.07) is 26.1. The molecule has 0 aliphatic heterocycles. The number of benzene rings is 3.